The molecule has 1 aliphatic carbocycles. The fraction of sp³-hybridized carbons (Fsp3) is 0.833. The number of amides is 1. The summed E-state index contributed by atoms with van der Waals surface area (Å²) in [5, 5.41) is 11.6. The van der Waals surface area contributed by atoms with E-state index in [9.17, 15) is 9.59 Å². The number of aliphatic carboxylic acids is 1. The summed E-state index contributed by atoms with van der Waals surface area (Å²) in [7, 11) is 1.61. The maximum absolute atomic E-state index is 11.8. The summed E-state index contributed by atoms with van der Waals surface area (Å²) in [6, 6.07) is -0.793. The van der Waals surface area contributed by atoms with Gasteiger partial charge in [-0.2, -0.15) is 11.8 Å². The molecule has 0 aromatic heterocycles. The average molecular weight is 275 g/mol. The molecule has 0 aliphatic heterocycles. The van der Waals surface area contributed by atoms with Crippen LogP contribution < -0.4 is 5.32 Å². The van der Waals surface area contributed by atoms with Crippen molar-refractivity contribution in [2.24, 2.45) is 0 Å². The predicted molar refractivity (Wildman–Crippen MR) is 70.8 cm³/mol. The van der Waals surface area contributed by atoms with E-state index in [-0.39, 0.29) is 17.9 Å². The lowest BCUT2D eigenvalue weighted by Crippen LogP contribution is -2.48. The van der Waals surface area contributed by atoms with Crippen LogP contribution in [-0.2, 0) is 14.3 Å². The minimum atomic E-state index is -0.975. The highest BCUT2D eigenvalue weighted by Crippen LogP contribution is 2.37. The first-order valence-electron chi connectivity index (χ1n) is 6.09. The van der Waals surface area contributed by atoms with Crippen molar-refractivity contribution in [2.75, 3.05) is 19.1 Å². The van der Waals surface area contributed by atoms with Crippen LogP contribution in [0, 0.1) is 0 Å². The molecule has 18 heavy (non-hydrogen) atoms. The highest BCUT2D eigenvalue weighted by atomic mass is 32.2. The van der Waals surface area contributed by atoms with E-state index in [4.69, 9.17) is 9.84 Å². The van der Waals surface area contributed by atoms with E-state index in [0.717, 1.165) is 19.3 Å². The second-order valence-corrected chi connectivity index (χ2v) is 5.64. The van der Waals surface area contributed by atoms with Gasteiger partial charge in [0, 0.05) is 7.11 Å². The largest absolute Gasteiger partial charge is 0.480 e. The van der Waals surface area contributed by atoms with Crippen molar-refractivity contribution in [3.05, 3.63) is 0 Å². The monoisotopic (exact) mass is 275 g/mol. The molecule has 2 N–H and O–H groups in total. The highest BCUT2D eigenvalue weighted by Gasteiger charge is 2.39. The Labute approximate surface area is 112 Å². The quantitative estimate of drug-likeness (QED) is 0.697. The fourth-order valence-electron chi connectivity index (χ4n) is 2.06. The van der Waals surface area contributed by atoms with Crippen LogP contribution in [0.25, 0.3) is 0 Å². The normalized spacial score (nSPS) is 18.8. The molecule has 1 fully saturated rings. The predicted octanol–water partition coefficient (Wildman–Crippen LogP) is 1.27. The van der Waals surface area contributed by atoms with Gasteiger partial charge in [0.15, 0.2) is 0 Å². The lowest BCUT2D eigenvalue weighted by Gasteiger charge is -2.40. The van der Waals surface area contributed by atoms with Crippen LogP contribution in [0.2, 0.25) is 0 Å². The minimum absolute atomic E-state index is 0.231. The molecule has 1 aliphatic rings. The van der Waals surface area contributed by atoms with Gasteiger partial charge in [-0.05, 0) is 37.7 Å². The molecule has 0 aromatic carbocycles. The van der Waals surface area contributed by atoms with Crippen LogP contribution in [0.5, 0.6) is 0 Å². The van der Waals surface area contributed by atoms with E-state index >= 15 is 0 Å². The molecule has 1 rings (SSSR count). The Morgan fingerprint density at radius 1 is 1.50 bits per heavy atom. The molecule has 1 unspecified atom stereocenters. The minimum Gasteiger partial charge on any atom is -0.480 e. The van der Waals surface area contributed by atoms with E-state index < -0.39 is 12.0 Å². The first-order valence-corrected chi connectivity index (χ1v) is 7.48. The van der Waals surface area contributed by atoms with Crippen molar-refractivity contribution in [3.63, 3.8) is 0 Å². The van der Waals surface area contributed by atoms with Crippen LogP contribution in [0.15, 0.2) is 0 Å². The van der Waals surface area contributed by atoms with Gasteiger partial charge in [0.25, 0.3) is 0 Å². The van der Waals surface area contributed by atoms with Crippen molar-refractivity contribution in [1.82, 2.24) is 5.32 Å². The van der Waals surface area contributed by atoms with Crippen molar-refractivity contribution in [3.8, 4) is 0 Å². The third kappa shape index (κ3) is 4.17. The SMILES string of the molecule is COC1(CC(=O)NC(CCSC)C(=O)O)CCC1. The number of nitrogens with one attached hydrogen (secondary N) is 1. The summed E-state index contributed by atoms with van der Waals surface area (Å²) in [6.45, 7) is 0. The maximum atomic E-state index is 11.8. The van der Waals surface area contributed by atoms with Gasteiger partial charge in [0.2, 0.25) is 5.91 Å². The molecule has 0 aromatic rings. The maximum Gasteiger partial charge on any atom is 0.326 e. The number of carboxylic acid groups (broad SMARTS) is 1. The third-order valence-corrected chi connectivity index (χ3v) is 4.07. The second kappa shape index (κ2) is 6.99. The highest BCUT2D eigenvalue weighted by molar-refractivity contribution is 7.98. The molecule has 0 bridgehead atoms. The Hall–Kier alpha value is -0.750. The average Bonchev–Trinajstić information content (AvgIpc) is 2.28. The van der Waals surface area contributed by atoms with E-state index in [0.29, 0.717) is 12.2 Å². The first kappa shape index (κ1) is 15.3. The molecular weight excluding hydrogens is 254 g/mol. The number of carbonyl (C=O) groups excluding carboxylic acids is 1. The third-order valence-electron chi connectivity index (χ3n) is 3.42. The molecule has 5 nitrogen and oxygen atoms in total. The van der Waals surface area contributed by atoms with Crippen molar-refractivity contribution < 1.29 is 19.4 Å². The molecule has 0 saturated heterocycles. The van der Waals surface area contributed by atoms with Crippen LogP contribution in [0.3, 0.4) is 0 Å². The van der Waals surface area contributed by atoms with Crippen molar-refractivity contribution in [1.29, 1.82) is 0 Å². The summed E-state index contributed by atoms with van der Waals surface area (Å²) >= 11 is 1.57. The summed E-state index contributed by atoms with van der Waals surface area (Å²) in [5.74, 6) is -0.491. The van der Waals surface area contributed by atoms with E-state index in [1.54, 1.807) is 18.9 Å². The smallest absolute Gasteiger partial charge is 0.326 e. The molecule has 1 atom stereocenters. The summed E-state index contributed by atoms with van der Waals surface area (Å²) in [4.78, 5) is 22.8. The number of carboxylic acids is 1. The standard InChI is InChI=1S/C12H21NO4S/c1-17-12(5-3-6-12)8-10(14)13-9(11(15)16)4-7-18-2/h9H,3-8H2,1-2H3,(H,13,14)(H,15,16). The van der Waals surface area contributed by atoms with Crippen molar-refractivity contribution in [2.45, 2.75) is 43.7 Å². The number of hydrogen-bond acceptors (Lipinski definition) is 4. The fourth-order valence-corrected chi connectivity index (χ4v) is 2.53. The number of methoxy groups -OCH3 is 1. The zero-order chi connectivity index (χ0) is 13.6. The second-order valence-electron chi connectivity index (χ2n) is 4.66. The summed E-state index contributed by atoms with van der Waals surface area (Å²) in [6.07, 6.45) is 5.43. The summed E-state index contributed by atoms with van der Waals surface area (Å²) in [5.41, 5.74) is -0.355. The molecule has 1 amide bonds. The Balaban J connectivity index is 2.43. The van der Waals surface area contributed by atoms with Crippen LogP contribution >= 0.6 is 11.8 Å². The number of thioether (sulfide) groups is 1. The van der Waals surface area contributed by atoms with Crippen LogP contribution in [-0.4, -0.2) is 47.7 Å². The van der Waals surface area contributed by atoms with Gasteiger partial charge in [0.1, 0.15) is 6.04 Å². The first-order chi connectivity index (χ1) is 8.53. The Bertz CT molecular complexity index is 299. The Morgan fingerprint density at radius 3 is 2.56 bits per heavy atom. The topological polar surface area (TPSA) is 75.6 Å². The van der Waals surface area contributed by atoms with Gasteiger partial charge in [-0.15, -0.1) is 0 Å². The van der Waals surface area contributed by atoms with E-state index in [1.165, 1.54) is 0 Å². The molecule has 104 valence electrons. The lowest BCUT2D eigenvalue weighted by atomic mass is 9.77. The van der Waals surface area contributed by atoms with Gasteiger partial charge in [-0.25, -0.2) is 4.79 Å². The van der Waals surface area contributed by atoms with Gasteiger partial charge in [-0.1, -0.05) is 0 Å². The zero-order valence-corrected chi connectivity index (χ0v) is 11.7. The number of rotatable bonds is 8. The number of carbonyl (C=O) groups is 2. The van der Waals surface area contributed by atoms with E-state index in [2.05, 4.69) is 5.32 Å². The van der Waals surface area contributed by atoms with Gasteiger partial charge in [0.05, 0.1) is 12.0 Å². The van der Waals surface area contributed by atoms with Gasteiger partial charge < -0.3 is 15.2 Å². The Morgan fingerprint density at radius 2 is 2.17 bits per heavy atom. The van der Waals surface area contributed by atoms with E-state index in [1.807, 2.05) is 6.26 Å². The zero-order valence-electron chi connectivity index (χ0n) is 10.9. The molecular formula is C12H21NO4S. The molecule has 1 saturated carbocycles. The number of ether oxygens (including phenoxy) is 1. The Kier molecular flexibility index (Phi) is 5.95. The molecule has 0 radical (unpaired) electrons. The molecule has 0 heterocycles. The number of hydrogen-bond donors (Lipinski definition) is 2. The van der Waals surface area contributed by atoms with Gasteiger partial charge in [-0.3, -0.25) is 4.79 Å². The van der Waals surface area contributed by atoms with Gasteiger partial charge >= 0.3 is 5.97 Å². The molecule has 0 spiro atoms. The van der Waals surface area contributed by atoms with Crippen LogP contribution in [0.1, 0.15) is 32.1 Å². The summed E-state index contributed by atoms with van der Waals surface area (Å²) < 4.78 is 5.36. The van der Waals surface area contributed by atoms with Crippen LogP contribution in [0.4, 0.5) is 0 Å². The van der Waals surface area contributed by atoms with Crippen molar-refractivity contribution >= 4 is 23.6 Å². The molecule has 6 heteroatoms. The lowest BCUT2D eigenvalue weighted by molar-refractivity contribution is -0.144.